The summed E-state index contributed by atoms with van der Waals surface area (Å²) >= 11 is 0. The SMILES string of the molecule is CC(CCCCN(F)C(C)(C)C)C(=O)C(C)(C)C. The molecule has 2 nitrogen and oxygen atoms in total. The molecule has 3 heteroatoms. The molecule has 0 aromatic carbocycles. The summed E-state index contributed by atoms with van der Waals surface area (Å²) in [6, 6.07) is 0. The molecular formula is C15H30FNO. The molecule has 18 heavy (non-hydrogen) atoms. The van der Waals surface area contributed by atoms with Gasteiger partial charge in [-0.15, -0.1) is 9.60 Å². The minimum Gasteiger partial charge on any atom is -0.299 e. The van der Waals surface area contributed by atoms with Crippen LogP contribution in [0.5, 0.6) is 0 Å². The highest BCUT2D eigenvalue weighted by molar-refractivity contribution is 5.85. The van der Waals surface area contributed by atoms with Crippen LogP contribution in [0.1, 0.15) is 67.7 Å². The first-order valence-electron chi connectivity index (χ1n) is 6.94. The van der Waals surface area contributed by atoms with Gasteiger partial charge in [0, 0.05) is 23.4 Å². The second-order valence-electron chi connectivity index (χ2n) is 7.27. The fourth-order valence-electron chi connectivity index (χ4n) is 1.91. The van der Waals surface area contributed by atoms with E-state index in [9.17, 15) is 9.28 Å². The van der Waals surface area contributed by atoms with Crippen LogP contribution in [-0.4, -0.2) is 23.0 Å². The van der Waals surface area contributed by atoms with Crippen LogP contribution in [0.25, 0.3) is 0 Å². The first-order chi connectivity index (χ1) is 7.96. The van der Waals surface area contributed by atoms with Gasteiger partial charge in [0.2, 0.25) is 0 Å². The van der Waals surface area contributed by atoms with Gasteiger partial charge in [-0.05, 0) is 33.6 Å². The zero-order valence-electron chi connectivity index (χ0n) is 13.1. The Kier molecular flexibility index (Phi) is 6.48. The second-order valence-corrected chi connectivity index (χ2v) is 7.27. The second kappa shape index (κ2) is 6.65. The van der Waals surface area contributed by atoms with E-state index in [1.54, 1.807) is 0 Å². The number of unbranched alkanes of at least 4 members (excludes halogenated alkanes) is 1. The third-order valence-electron chi connectivity index (χ3n) is 3.16. The number of carbonyl (C=O) groups excluding carboxylic acids is 1. The Hall–Kier alpha value is -0.440. The third kappa shape index (κ3) is 6.48. The van der Waals surface area contributed by atoms with Gasteiger partial charge in [0.25, 0.3) is 0 Å². The van der Waals surface area contributed by atoms with E-state index in [4.69, 9.17) is 0 Å². The smallest absolute Gasteiger partial charge is 0.140 e. The molecule has 1 unspecified atom stereocenters. The molecular weight excluding hydrogens is 229 g/mol. The maximum absolute atomic E-state index is 13.5. The summed E-state index contributed by atoms with van der Waals surface area (Å²) in [5.41, 5.74) is -0.691. The molecule has 108 valence electrons. The van der Waals surface area contributed by atoms with E-state index in [1.807, 2.05) is 48.5 Å². The zero-order valence-corrected chi connectivity index (χ0v) is 13.1. The van der Waals surface area contributed by atoms with Crippen molar-refractivity contribution in [2.24, 2.45) is 11.3 Å². The summed E-state index contributed by atoms with van der Waals surface area (Å²) < 4.78 is 13.5. The van der Waals surface area contributed by atoms with E-state index in [2.05, 4.69) is 0 Å². The Morgan fingerprint density at radius 2 is 1.61 bits per heavy atom. The van der Waals surface area contributed by atoms with E-state index in [0.29, 0.717) is 12.3 Å². The molecule has 0 N–H and O–H groups in total. The summed E-state index contributed by atoms with van der Waals surface area (Å²) in [4.78, 5) is 12.0. The Morgan fingerprint density at radius 1 is 1.11 bits per heavy atom. The molecule has 0 aromatic heterocycles. The van der Waals surface area contributed by atoms with E-state index < -0.39 is 5.54 Å². The van der Waals surface area contributed by atoms with Gasteiger partial charge in [-0.2, -0.15) is 0 Å². The van der Waals surface area contributed by atoms with Crippen molar-refractivity contribution < 1.29 is 9.28 Å². The van der Waals surface area contributed by atoms with Crippen LogP contribution in [0.4, 0.5) is 4.48 Å². The van der Waals surface area contributed by atoms with Gasteiger partial charge >= 0.3 is 0 Å². The van der Waals surface area contributed by atoms with Gasteiger partial charge in [0.1, 0.15) is 5.78 Å². The van der Waals surface area contributed by atoms with E-state index in [0.717, 1.165) is 24.4 Å². The standard InChI is InChI=1S/C15H30FNO/c1-12(13(18)14(2,3)4)10-8-9-11-17(16)15(5,6)7/h12H,8-11H2,1-7H3. The van der Waals surface area contributed by atoms with Crippen LogP contribution in [0.15, 0.2) is 0 Å². The van der Waals surface area contributed by atoms with Gasteiger partial charge in [-0.25, -0.2) is 0 Å². The molecule has 0 bridgehead atoms. The van der Waals surface area contributed by atoms with Crippen molar-refractivity contribution >= 4 is 5.78 Å². The normalized spacial score (nSPS) is 14.9. The molecule has 0 spiro atoms. The number of hydrogen-bond acceptors (Lipinski definition) is 2. The minimum atomic E-state index is -0.424. The molecule has 0 saturated carbocycles. The average Bonchev–Trinajstić information content (AvgIpc) is 2.19. The van der Waals surface area contributed by atoms with Crippen molar-refractivity contribution in [1.29, 1.82) is 0 Å². The van der Waals surface area contributed by atoms with E-state index in [-0.39, 0.29) is 11.3 Å². The fraction of sp³-hybridized carbons (Fsp3) is 0.933. The molecule has 0 saturated heterocycles. The van der Waals surface area contributed by atoms with Crippen molar-refractivity contribution in [2.75, 3.05) is 6.54 Å². The average molecular weight is 259 g/mol. The highest BCUT2D eigenvalue weighted by Crippen LogP contribution is 2.23. The van der Waals surface area contributed by atoms with Gasteiger partial charge < -0.3 is 0 Å². The molecule has 0 heterocycles. The highest BCUT2D eigenvalue weighted by Gasteiger charge is 2.26. The largest absolute Gasteiger partial charge is 0.299 e. The van der Waals surface area contributed by atoms with E-state index >= 15 is 0 Å². The zero-order chi connectivity index (χ0) is 14.6. The summed E-state index contributed by atoms with van der Waals surface area (Å²) in [5, 5.41) is 0.878. The minimum absolute atomic E-state index is 0.0766. The first-order valence-corrected chi connectivity index (χ1v) is 6.94. The van der Waals surface area contributed by atoms with Crippen LogP contribution >= 0.6 is 0 Å². The first kappa shape index (κ1) is 17.6. The van der Waals surface area contributed by atoms with Crippen molar-refractivity contribution in [1.82, 2.24) is 5.12 Å². The van der Waals surface area contributed by atoms with Crippen LogP contribution in [0, 0.1) is 11.3 Å². The summed E-state index contributed by atoms with van der Waals surface area (Å²) in [7, 11) is 0. The Labute approximate surface area is 112 Å². The fourth-order valence-corrected chi connectivity index (χ4v) is 1.91. The number of rotatable bonds is 6. The van der Waals surface area contributed by atoms with Crippen LogP contribution < -0.4 is 0 Å². The topological polar surface area (TPSA) is 20.3 Å². The summed E-state index contributed by atoms with van der Waals surface area (Å²) in [6.45, 7) is 13.9. The monoisotopic (exact) mass is 259 g/mol. The molecule has 0 radical (unpaired) electrons. The molecule has 0 aromatic rings. The quantitative estimate of drug-likeness (QED) is 0.521. The number of nitrogens with zero attached hydrogens (tertiary/aromatic N) is 1. The molecule has 1 atom stereocenters. The maximum atomic E-state index is 13.5. The molecule has 0 rings (SSSR count). The lowest BCUT2D eigenvalue weighted by Crippen LogP contribution is -2.35. The van der Waals surface area contributed by atoms with Gasteiger partial charge in [-0.1, -0.05) is 34.1 Å². The predicted octanol–water partition coefficient (Wildman–Crippen LogP) is 4.39. The molecule has 0 aliphatic carbocycles. The number of ketones is 1. The Balaban J connectivity index is 3.90. The summed E-state index contributed by atoms with van der Waals surface area (Å²) in [5.74, 6) is 0.378. The lowest BCUT2D eigenvalue weighted by Gasteiger charge is -2.27. The lowest BCUT2D eigenvalue weighted by atomic mass is 9.82. The van der Waals surface area contributed by atoms with Gasteiger partial charge in [-0.3, -0.25) is 4.79 Å². The van der Waals surface area contributed by atoms with Crippen LogP contribution in [0.2, 0.25) is 0 Å². The van der Waals surface area contributed by atoms with E-state index in [1.165, 1.54) is 0 Å². The van der Waals surface area contributed by atoms with Gasteiger partial charge in [0.15, 0.2) is 0 Å². The molecule has 0 aliphatic heterocycles. The number of Topliss-reactive ketones (excluding diaryl/α,β-unsaturated/α-hetero) is 1. The summed E-state index contributed by atoms with van der Waals surface area (Å²) in [6.07, 6.45) is 2.56. The van der Waals surface area contributed by atoms with Crippen molar-refractivity contribution in [3.63, 3.8) is 0 Å². The molecule has 0 aliphatic rings. The number of carbonyl (C=O) groups is 1. The number of halogens is 1. The highest BCUT2D eigenvalue weighted by atomic mass is 19.2. The van der Waals surface area contributed by atoms with Crippen molar-refractivity contribution in [2.45, 2.75) is 73.3 Å². The number of hydrogen-bond donors (Lipinski definition) is 0. The van der Waals surface area contributed by atoms with Crippen LogP contribution in [-0.2, 0) is 4.79 Å². The van der Waals surface area contributed by atoms with Crippen molar-refractivity contribution in [3.8, 4) is 0 Å². The van der Waals surface area contributed by atoms with Crippen molar-refractivity contribution in [3.05, 3.63) is 0 Å². The predicted molar refractivity (Wildman–Crippen MR) is 75.0 cm³/mol. The Bertz CT molecular complexity index is 263. The molecule has 0 fully saturated rings. The lowest BCUT2D eigenvalue weighted by molar-refractivity contribution is -0.130. The van der Waals surface area contributed by atoms with Gasteiger partial charge in [0.05, 0.1) is 0 Å². The van der Waals surface area contributed by atoms with Crippen LogP contribution in [0.3, 0.4) is 0 Å². The molecule has 0 amide bonds. The third-order valence-corrected chi connectivity index (χ3v) is 3.16. The maximum Gasteiger partial charge on any atom is 0.140 e. The Morgan fingerprint density at radius 3 is 2.00 bits per heavy atom.